The van der Waals surface area contributed by atoms with Crippen LogP contribution in [0.1, 0.15) is 66.2 Å². The monoisotopic (exact) mass is 381 g/mol. The van der Waals surface area contributed by atoms with Crippen molar-refractivity contribution in [3.63, 3.8) is 0 Å². The summed E-state index contributed by atoms with van der Waals surface area (Å²) in [5, 5.41) is 2.65. The molecule has 2 aromatic carbocycles. The van der Waals surface area contributed by atoms with E-state index in [2.05, 4.69) is 12.2 Å². The van der Waals surface area contributed by atoms with Crippen molar-refractivity contribution in [2.45, 2.75) is 45.4 Å². The van der Waals surface area contributed by atoms with Gasteiger partial charge in [-0.25, -0.2) is 4.79 Å². The summed E-state index contributed by atoms with van der Waals surface area (Å²) in [6.45, 7) is 2.51. The molecule has 0 fully saturated rings. The molecule has 0 saturated heterocycles. The third-order valence-corrected chi connectivity index (χ3v) is 4.32. The normalized spacial score (nSPS) is 10.3. The zero-order valence-corrected chi connectivity index (χ0v) is 16.3. The SMILES string of the molecule is CCCCCCCOC(=O)c1ccccc1NC(=O)CC(=O)c1ccccc1. The molecule has 5 nitrogen and oxygen atoms in total. The van der Waals surface area contributed by atoms with Gasteiger partial charge in [-0.2, -0.15) is 0 Å². The molecule has 0 radical (unpaired) electrons. The van der Waals surface area contributed by atoms with Crippen molar-refractivity contribution < 1.29 is 19.1 Å². The molecule has 0 aliphatic carbocycles. The van der Waals surface area contributed by atoms with Crippen LogP contribution in [0.15, 0.2) is 54.6 Å². The number of unbranched alkanes of at least 4 members (excludes halogenated alkanes) is 4. The number of amides is 1. The smallest absolute Gasteiger partial charge is 0.340 e. The molecule has 5 heteroatoms. The number of anilines is 1. The molecule has 0 aliphatic heterocycles. The molecule has 1 N–H and O–H groups in total. The Kier molecular flexibility index (Phi) is 8.92. The Bertz CT molecular complexity index is 786. The van der Waals surface area contributed by atoms with Crippen molar-refractivity contribution in [1.29, 1.82) is 0 Å². The Labute approximate surface area is 166 Å². The van der Waals surface area contributed by atoms with Crippen LogP contribution < -0.4 is 5.32 Å². The maximum atomic E-state index is 12.3. The van der Waals surface area contributed by atoms with Crippen molar-refractivity contribution >= 4 is 23.3 Å². The lowest BCUT2D eigenvalue weighted by molar-refractivity contribution is -0.115. The summed E-state index contributed by atoms with van der Waals surface area (Å²) < 4.78 is 5.32. The maximum Gasteiger partial charge on any atom is 0.340 e. The molecular weight excluding hydrogens is 354 g/mol. The number of ether oxygens (including phenoxy) is 1. The standard InChI is InChI=1S/C23H27NO4/c1-2-3-4-5-11-16-28-23(27)19-14-9-10-15-20(19)24-22(26)17-21(25)18-12-7-6-8-13-18/h6-10,12-15H,2-5,11,16-17H2,1H3,(H,24,26). The molecule has 0 aliphatic rings. The van der Waals surface area contributed by atoms with Crippen molar-refractivity contribution in [3.8, 4) is 0 Å². The summed E-state index contributed by atoms with van der Waals surface area (Å²) in [7, 11) is 0. The quantitative estimate of drug-likeness (QED) is 0.257. The van der Waals surface area contributed by atoms with Gasteiger partial charge in [0.25, 0.3) is 0 Å². The van der Waals surface area contributed by atoms with Crippen molar-refractivity contribution in [2.24, 2.45) is 0 Å². The Morgan fingerprint density at radius 1 is 0.857 bits per heavy atom. The molecule has 0 aromatic heterocycles. The van der Waals surface area contributed by atoms with E-state index in [0.717, 1.165) is 19.3 Å². The van der Waals surface area contributed by atoms with Crippen molar-refractivity contribution in [2.75, 3.05) is 11.9 Å². The van der Waals surface area contributed by atoms with Gasteiger partial charge in [0.15, 0.2) is 5.78 Å². The van der Waals surface area contributed by atoms with Crippen LogP contribution in [0.2, 0.25) is 0 Å². The van der Waals surface area contributed by atoms with Crippen LogP contribution in [-0.4, -0.2) is 24.3 Å². The molecule has 0 heterocycles. The van der Waals surface area contributed by atoms with Crippen LogP contribution in [0.25, 0.3) is 0 Å². The number of ketones is 1. The maximum absolute atomic E-state index is 12.3. The van der Waals surface area contributed by atoms with E-state index in [1.807, 2.05) is 6.07 Å². The van der Waals surface area contributed by atoms with Gasteiger partial charge in [-0.1, -0.05) is 75.1 Å². The van der Waals surface area contributed by atoms with Crippen LogP contribution in [0.3, 0.4) is 0 Å². The fourth-order valence-corrected chi connectivity index (χ4v) is 2.78. The predicted molar refractivity (Wildman–Crippen MR) is 110 cm³/mol. The molecule has 0 spiro atoms. The second-order valence-corrected chi connectivity index (χ2v) is 6.61. The highest BCUT2D eigenvalue weighted by Gasteiger charge is 2.16. The largest absolute Gasteiger partial charge is 0.462 e. The van der Waals surface area contributed by atoms with Gasteiger partial charge in [-0.05, 0) is 18.6 Å². The Hall–Kier alpha value is -2.95. The lowest BCUT2D eigenvalue weighted by Gasteiger charge is -2.11. The molecular formula is C23H27NO4. The second-order valence-electron chi connectivity index (χ2n) is 6.61. The van der Waals surface area contributed by atoms with Crippen LogP contribution in [0.5, 0.6) is 0 Å². The van der Waals surface area contributed by atoms with Crippen LogP contribution >= 0.6 is 0 Å². The summed E-state index contributed by atoms with van der Waals surface area (Å²) >= 11 is 0. The number of Topliss-reactive ketones (excluding diaryl/α,β-unsaturated/α-hetero) is 1. The summed E-state index contributed by atoms with van der Waals surface area (Å²) in [4.78, 5) is 36.7. The summed E-state index contributed by atoms with van der Waals surface area (Å²) in [5.74, 6) is -1.21. The third kappa shape index (κ3) is 6.99. The van der Waals surface area contributed by atoms with Gasteiger partial charge in [0.2, 0.25) is 5.91 Å². The number of hydrogen-bond acceptors (Lipinski definition) is 4. The Balaban J connectivity index is 1.89. The molecule has 0 bridgehead atoms. The molecule has 2 aromatic rings. The predicted octanol–water partition coefficient (Wildman–Crippen LogP) is 5.03. The minimum atomic E-state index is -0.472. The Morgan fingerprint density at radius 2 is 1.54 bits per heavy atom. The first-order valence-electron chi connectivity index (χ1n) is 9.76. The number of carbonyl (C=O) groups is 3. The molecule has 0 unspecified atom stereocenters. The summed E-state index contributed by atoms with van der Waals surface area (Å²) in [5.41, 5.74) is 1.12. The van der Waals surface area contributed by atoms with E-state index < -0.39 is 11.9 Å². The average molecular weight is 381 g/mol. The highest BCUT2D eigenvalue weighted by molar-refractivity contribution is 6.12. The van der Waals surface area contributed by atoms with E-state index in [-0.39, 0.29) is 17.8 Å². The topological polar surface area (TPSA) is 72.5 Å². The van der Waals surface area contributed by atoms with Crippen molar-refractivity contribution in [1.82, 2.24) is 0 Å². The Morgan fingerprint density at radius 3 is 2.29 bits per heavy atom. The molecule has 2 rings (SSSR count). The number of esters is 1. The van der Waals surface area contributed by atoms with E-state index in [1.165, 1.54) is 12.8 Å². The van der Waals surface area contributed by atoms with Gasteiger partial charge >= 0.3 is 5.97 Å². The number of benzene rings is 2. The van der Waals surface area contributed by atoms with Gasteiger partial charge in [0.1, 0.15) is 0 Å². The lowest BCUT2D eigenvalue weighted by atomic mass is 10.1. The fraction of sp³-hybridized carbons (Fsp3) is 0.348. The average Bonchev–Trinajstić information content (AvgIpc) is 2.71. The first-order valence-corrected chi connectivity index (χ1v) is 9.76. The number of para-hydroxylation sites is 1. The summed E-state index contributed by atoms with van der Waals surface area (Å²) in [6.07, 6.45) is 5.05. The van der Waals surface area contributed by atoms with Gasteiger partial charge in [0.05, 0.1) is 24.3 Å². The van der Waals surface area contributed by atoms with Gasteiger partial charge in [-0.3, -0.25) is 9.59 Å². The van der Waals surface area contributed by atoms with Gasteiger partial charge in [-0.15, -0.1) is 0 Å². The van der Waals surface area contributed by atoms with E-state index in [0.29, 0.717) is 17.9 Å². The fourth-order valence-electron chi connectivity index (χ4n) is 2.78. The zero-order chi connectivity index (χ0) is 20.2. The molecule has 148 valence electrons. The third-order valence-electron chi connectivity index (χ3n) is 4.32. The number of carbonyl (C=O) groups excluding carboxylic acids is 3. The molecule has 0 atom stereocenters. The first-order chi connectivity index (χ1) is 13.6. The van der Waals surface area contributed by atoms with Crippen LogP contribution in [0, 0.1) is 0 Å². The van der Waals surface area contributed by atoms with E-state index in [4.69, 9.17) is 4.74 Å². The number of nitrogens with one attached hydrogen (secondary N) is 1. The second kappa shape index (κ2) is 11.7. The highest BCUT2D eigenvalue weighted by Crippen LogP contribution is 2.17. The minimum Gasteiger partial charge on any atom is -0.462 e. The van der Waals surface area contributed by atoms with E-state index in [1.54, 1.807) is 48.5 Å². The first kappa shape index (κ1) is 21.4. The van der Waals surface area contributed by atoms with Crippen molar-refractivity contribution in [3.05, 3.63) is 65.7 Å². The molecule has 0 saturated carbocycles. The minimum absolute atomic E-state index is 0.273. The number of rotatable bonds is 11. The van der Waals surface area contributed by atoms with Gasteiger partial charge in [0, 0.05) is 5.56 Å². The number of hydrogen-bond donors (Lipinski definition) is 1. The van der Waals surface area contributed by atoms with Crippen LogP contribution in [-0.2, 0) is 9.53 Å². The summed E-state index contributed by atoms with van der Waals surface area (Å²) in [6, 6.07) is 15.3. The van der Waals surface area contributed by atoms with Crippen LogP contribution in [0.4, 0.5) is 5.69 Å². The van der Waals surface area contributed by atoms with Gasteiger partial charge < -0.3 is 10.1 Å². The molecule has 1 amide bonds. The van der Waals surface area contributed by atoms with E-state index in [9.17, 15) is 14.4 Å². The highest BCUT2D eigenvalue weighted by atomic mass is 16.5. The lowest BCUT2D eigenvalue weighted by Crippen LogP contribution is -2.19. The molecule has 28 heavy (non-hydrogen) atoms. The van der Waals surface area contributed by atoms with E-state index >= 15 is 0 Å². The zero-order valence-electron chi connectivity index (χ0n) is 16.3.